The van der Waals surface area contributed by atoms with Crippen LogP contribution in [0.1, 0.15) is 42.0 Å². The second-order valence-electron chi connectivity index (χ2n) is 7.93. The molecule has 1 saturated heterocycles. The lowest BCUT2D eigenvalue weighted by molar-refractivity contribution is 0.0169. The number of nitrogens with one attached hydrogen (secondary N) is 1. The first kappa shape index (κ1) is 21.5. The molecule has 2 aliphatic heterocycles. The van der Waals surface area contributed by atoms with Crippen molar-refractivity contribution in [1.82, 2.24) is 10.2 Å². The first-order valence-electron chi connectivity index (χ1n) is 10.8. The summed E-state index contributed by atoms with van der Waals surface area (Å²) in [7, 11) is 0. The van der Waals surface area contributed by atoms with Gasteiger partial charge in [-0.3, -0.25) is 19.3 Å². The molecule has 0 unspecified atom stereocenters. The number of hydrogen-bond acceptors (Lipinski definition) is 6. The fourth-order valence-corrected chi connectivity index (χ4v) is 5.14. The molecule has 168 valence electrons. The van der Waals surface area contributed by atoms with Gasteiger partial charge in [-0.25, -0.2) is 4.90 Å². The third-order valence-corrected chi connectivity index (χ3v) is 6.95. The summed E-state index contributed by atoms with van der Waals surface area (Å²) >= 11 is 1.67. The average molecular weight is 462 g/mol. The van der Waals surface area contributed by atoms with Crippen molar-refractivity contribution in [3.8, 4) is 0 Å². The molecular formula is C25H23N3O4S. The molecule has 1 atom stereocenters. The van der Waals surface area contributed by atoms with Crippen LogP contribution in [0.3, 0.4) is 0 Å². The van der Waals surface area contributed by atoms with E-state index in [2.05, 4.69) is 16.3 Å². The van der Waals surface area contributed by atoms with Gasteiger partial charge in [-0.1, -0.05) is 24.3 Å². The maximum Gasteiger partial charge on any atom is 0.266 e. The molecule has 7 nitrogen and oxygen atoms in total. The molecular weight excluding hydrogens is 438 g/mol. The van der Waals surface area contributed by atoms with Crippen LogP contribution >= 0.6 is 11.3 Å². The van der Waals surface area contributed by atoms with Crippen molar-refractivity contribution in [2.75, 3.05) is 37.7 Å². The van der Waals surface area contributed by atoms with Gasteiger partial charge in [0.2, 0.25) is 0 Å². The monoisotopic (exact) mass is 461 g/mol. The number of anilines is 1. The fourth-order valence-electron chi connectivity index (χ4n) is 4.28. The maximum atomic E-state index is 13.0. The Balaban J connectivity index is 1.32. The number of hydrogen-bond donors (Lipinski definition) is 1. The van der Waals surface area contributed by atoms with Crippen LogP contribution in [0.2, 0.25) is 0 Å². The fraction of sp³-hybridized carbons (Fsp3) is 0.240. The van der Waals surface area contributed by atoms with Crippen molar-refractivity contribution in [1.29, 1.82) is 0 Å². The summed E-state index contributed by atoms with van der Waals surface area (Å²) in [6.07, 6.45) is 0. The van der Waals surface area contributed by atoms with Crippen molar-refractivity contribution in [2.45, 2.75) is 6.04 Å². The molecule has 3 heterocycles. The van der Waals surface area contributed by atoms with Gasteiger partial charge in [0, 0.05) is 30.1 Å². The van der Waals surface area contributed by atoms with Crippen LogP contribution in [0, 0.1) is 0 Å². The highest BCUT2D eigenvalue weighted by atomic mass is 32.1. The predicted molar refractivity (Wildman–Crippen MR) is 126 cm³/mol. The number of nitrogens with zero attached hydrogens (tertiary/aromatic N) is 2. The number of carbonyl (C=O) groups is 3. The van der Waals surface area contributed by atoms with Crippen molar-refractivity contribution in [2.24, 2.45) is 0 Å². The lowest BCUT2D eigenvalue weighted by Crippen LogP contribution is -2.43. The summed E-state index contributed by atoms with van der Waals surface area (Å²) < 4.78 is 5.48. The summed E-state index contributed by atoms with van der Waals surface area (Å²) in [5.41, 5.74) is 1.54. The maximum absolute atomic E-state index is 13.0. The zero-order valence-corrected chi connectivity index (χ0v) is 18.7. The Hall–Kier alpha value is -3.33. The zero-order valence-electron chi connectivity index (χ0n) is 17.9. The third kappa shape index (κ3) is 4.20. The Morgan fingerprint density at radius 1 is 0.970 bits per heavy atom. The highest BCUT2D eigenvalue weighted by Gasteiger charge is 2.36. The van der Waals surface area contributed by atoms with Crippen LogP contribution in [0.25, 0.3) is 0 Å². The molecule has 3 aromatic rings. The van der Waals surface area contributed by atoms with E-state index < -0.39 is 0 Å². The molecule has 0 aliphatic carbocycles. The second-order valence-corrected chi connectivity index (χ2v) is 8.91. The van der Waals surface area contributed by atoms with E-state index in [0.717, 1.165) is 18.0 Å². The second kappa shape index (κ2) is 9.27. The highest BCUT2D eigenvalue weighted by Crippen LogP contribution is 2.29. The van der Waals surface area contributed by atoms with Crippen LogP contribution < -0.4 is 10.2 Å². The van der Waals surface area contributed by atoms with E-state index >= 15 is 0 Å². The molecule has 2 aliphatic rings. The number of thiophene rings is 1. The number of fused-ring (bicyclic) bond motifs is 1. The summed E-state index contributed by atoms with van der Waals surface area (Å²) in [6, 6.07) is 17.5. The van der Waals surface area contributed by atoms with Gasteiger partial charge in [0.15, 0.2) is 0 Å². The van der Waals surface area contributed by atoms with Crippen molar-refractivity contribution in [3.63, 3.8) is 0 Å². The SMILES string of the molecule is O=C(NC[C@H](c1cccs1)N1CCOCC1)c1cccc(N2C(=O)c3ccccc3C2=O)c1. The molecule has 0 saturated carbocycles. The number of benzene rings is 2. The standard InChI is InChI=1S/C25H23N3O4S/c29-23(26-16-21(22-9-4-14-33-22)27-10-12-32-13-11-27)17-5-3-6-18(15-17)28-24(30)19-7-1-2-8-20(19)25(28)31/h1-9,14-15,21H,10-13,16H2,(H,26,29)/t21-/m1/s1. The molecule has 1 fully saturated rings. The largest absolute Gasteiger partial charge is 0.379 e. The minimum atomic E-state index is -0.377. The number of rotatable bonds is 6. The third-order valence-electron chi connectivity index (χ3n) is 5.97. The van der Waals surface area contributed by atoms with Crippen LogP contribution in [-0.2, 0) is 4.74 Å². The van der Waals surface area contributed by atoms with Gasteiger partial charge < -0.3 is 10.1 Å². The molecule has 8 heteroatoms. The molecule has 33 heavy (non-hydrogen) atoms. The smallest absolute Gasteiger partial charge is 0.266 e. The molecule has 1 aromatic heterocycles. The first-order chi connectivity index (χ1) is 16.1. The average Bonchev–Trinajstić information content (AvgIpc) is 3.47. The van der Waals surface area contributed by atoms with Gasteiger partial charge in [-0.05, 0) is 41.8 Å². The summed E-state index contributed by atoms with van der Waals surface area (Å²) in [5.74, 6) is -1.00. The van der Waals surface area contributed by atoms with Crippen LogP contribution in [-0.4, -0.2) is 55.5 Å². The van der Waals surface area contributed by atoms with Gasteiger partial charge >= 0.3 is 0 Å². The number of ether oxygens (including phenoxy) is 1. The summed E-state index contributed by atoms with van der Waals surface area (Å²) in [5, 5.41) is 5.08. The zero-order chi connectivity index (χ0) is 22.8. The van der Waals surface area contributed by atoms with Gasteiger partial charge in [-0.15, -0.1) is 11.3 Å². The van der Waals surface area contributed by atoms with E-state index in [1.807, 2.05) is 11.4 Å². The normalized spacial score (nSPS) is 17.2. The molecule has 0 radical (unpaired) electrons. The summed E-state index contributed by atoms with van der Waals surface area (Å²) in [4.78, 5) is 43.3. The Bertz CT molecular complexity index is 1150. The Morgan fingerprint density at radius 2 is 1.70 bits per heavy atom. The Labute approximate surface area is 195 Å². The van der Waals surface area contributed by atoms with Crippen molar-refractivity contribution < 1.29 is 19.1 Å². The topological polar surface area (TPSA) is 79.0 Å². The summed E-state index contributed by atoms with van der Waals surface area (Å²) in [6.45, 7) is 3.44. The minimum Gasteiger partial charge on any atom is -0.379 e. The van der Waals surface area contributed by atoms with E-state index in [0.29, 0.717) is 42.1 Å². The molecule has 2 aromatic carbocycles. The molecule has 0 bridgehead atoms. The lowest BCUT2D eigenvalue weighted by atomic mass is 10.1. The van der Waals surface area contributed by atoms with Crippen molar-refractivity contribution in [3.05, 3.63) is 87.6 Å². The molecule has 1 N–H and O–H groups in total. The number of amides is 3. The molecule has 5 rings (SSSR count). The first-order valence-corrected chi connectivity index (χ1v) is 11.7. The predicted octanol–water partition coefficient (Wildman–Crippen LogP) is 3.35. The van der Waals surface area contributed by atoms with Crippen LogP contribution in [0.5, 0.6) is 0 Å². The van der Waals surface area contributed by atoms with Crippen LogP contribution in [0.15, 0.2) is 66.0 Å². The number of carbonyl (C=O) groups excluding carboxylic acids is 3. The minimum absolute atomic E-state index is 0.0669. The highest BCUT2D eigenvalue weighted by molar-refractivity contribution is 7.10. The van der Waals surface area contributed by atoms with Gasteiger partial charge in [0.1, 0.15) is 0 Å². The Morgan fingerprint density at radius 3 is 2.36 bits per heavy atom. The van der Waals surface area contributed by atoms with E-state index in [1.54, 1.807) is 59.9 Å². The number of morpholine rings is 1. The van der Waals surface area contributed by atoms with Crippen molar-refractivity contribution >= 4 is 34.7 Å². The Kier molecular flexibility index (Phi) is 6.04. The lowest BCUT2D eigenvalue weighted by Gasteiger charge is -2.34. The van der Waals surface area contributed by atoms with Crippen LogP contribution in [0.4, 0.5) is 5.69 Å². The van der Waals surface area contributed by atoms with Gasteiger partial charge in [0.25, 0.3) is 17.7 Å². The van der Waals surface area contributed by atoms with E-state index in [9.17, 15) is 14.4 Å². The quantitative estimate of drug-likeness (QED) is 0.570. The van der Waals surface area contributed by atoms with E-state index in [-0.39, 0.29) is 23.8 Å². The van der Waals surface area contributed by atoms with E-state index in [4.69, 9.17) is 4.74 Å². The van der Waals surface area contributed by atoms with Gasteiger partial charge in [0.05, 0.1) is 36.1 Å². The molecule has 0 spiro atoms. The van der Waals surface area contributed by atoms with Gasteiger partial charge in [-0.2, -0.15) is 0 Å². The molecule has 3 amide bonds. The number of imide groups is 1. The van der Waals surface area contributed by atoms with E-state index in [1.165, 1.54) is 4.88 Å².